The molecule has 2 N–H and O–H groups in total. The van der Waals surface area contributed by atoms with Gasteiger partial charge < -0.3 is 10.4 Å². The van der Waals surface area contributed by atoms with Crippen molar-refractivity contribution >= 4 is 21.7 Å². The van der Waals surface area contributed by atoms with Crippen LogP contribution in [0.3, 0.4) is 0 Å². The Hall–Kier alpha value is -1.89. The predicted molar refractivity (Wildman–Crippen MR) is 83.3 cm³/mol. The number of rotatable bonds is 6. The van der Waals surface area contributed by atoms with Gasteiger partial charge in [-0.3, -0.25) is 4.79 Å². The molecule has 0 spiro atoms. The summed E-state index contributed by atoms with van der Waals surface area (Å²) in [7, 11) is -3.65. The number of carboxylic acids is 1. The predicted octanol–water partition coefficient (Wildman–Crippen LogP) is 1.01. The van der Waals surface area contributed by atoms with Crippen molar-refractivity contribution in [2.24, 2.45) is 0 Å². The third-order valence-corrected chi connectivity index (χ3v) is 5.68. The first-order chi connectivity index (χ1) is 10.0. The van der Waals surface area contributed by atoms with Crippen molar-refractivity contribution in [3.05, 3.63) is 35.9 Å². The van der Waals surface area contributed by atoms with Gasteiger partial charge in [-0.25, -0.2) is 13.2 Å². The van der Waals surface area contributed by atoms with E-state index in [-0.39, 0.29) is 6.42 Å². The van der Waals surface area contributed by atoms with Crippen molar-refractivity contribution in [2.75, 3.05) is 5.75 Å². The lowest BCUT2D eigenvalue weighted by atomic mass is 10.1. The van der Waals surface area contributed by atoms with E-state index in [1.54, 1.807) is 30.3 Å². The molecule has 1 unspecified atom stereocenters. The summed E-state index contributed by atoms with van der Waals surface area (Å²) in [4.78, 5) is 23.1. The Bertz CT molecular complexity index is 632. The van der Waals surface area contributed by atoms with E-state index in [0.717, 1.165) is 5.56 Å². The van der Waals surface area contributed by atoms with Crippen molar-refractivity contribution in [3.8, 4) is 0 Å². The van der Waals surface area contributed by atoms with Gasteiger partial charge in [0.25, 0.3) is 0 Å². The largest absolute Gasteiger partial charge is 0.480 e. The Kier molecular flexibility index (Phi) is 5.71. The average Bonchev–Trinajstić information content (AvgIpc) is 2.37. The molecule has 0 fully saturated rings. The molecule has 22 heavy (non-hydrogen) atoms. The van der Waals surface area contributed by atoms with Gasteiger partial charge in [0, 0.05) is 6.42 Å². The molecule has 1 aromatic rings. The van der Waals surface area contributed by atoms with E-state index >= 15 is 0 Å². The Morgan fingerprint density at radius 2 is 1.73 bits per heavy atom. The second-order valence-corrected chi connectivity index (χ2v) is 8.76. The van der Waals surface area contributed by atoms with Gasteiger partial charge in [0.2, 0.25) is 5.91 Å². The normalized spacial score (nSPS) is 13.4. The van der Waals surface area contributed by atoms with Gasteiger partial charge in [-0.05, 0) is 26.3 Å². The third-order valence-electron chi connectivity index (χ3n) is 3.17. The lowest BCUT2D eigenvalue weighted by Crippen LogP contribution is -2.46. The highest BCUT2D eigenvalue weighted by molar-refractivity contribution is 7.93. The first kappa shape index (κ1) is 18.2. The number of carbonyl (C=O) groups excluding carboxylic acids is 1. The molecule has 0 heterocycles. The molecule has 0 bridgehead atoms. The zero-order chi connectivity index (χ0) is 17.0. The van der Waals surface area contributed by atoms with Gasteiger partial charge in [0.05, 0.1) is 4.75 Å². The van der Waals surface area contributed by atoms with Crippen LogP contribution in [0.25, 0.3) is 0 Å². The number of hydrogen-bond acceptors (Lipinski definition) is 4. The number of amides is 1. The number of benzene rings is 1. The van der Waals surface area contributed by atoms with Crippen molar-refractivity contribution in [3.63, 3.8) is 0 Å². The minimum absolute atomic E-state index is 0.0947. The van der Waals surface area contributed by atoms with Crippen LogP contribution in [0.15, 0.2) is 30.3 Å². The first-order valence-corrected chi connectivity index (χ1v) is 8.46. The number of aliphatic carboxylic acids is 1. The molecule has 0 saturated carbocycles. The molecule has 1 atom stereocenters. The molecule has 0 aliphatic carbocycles. The standard InChI is InChI=1S/C15H21NO5S/c1-15(2,3)22(20,21)10-13(17)16-12(14(18)19)9-11-7-5-4-6-8-11/h4-8,12H,9-10H2,1-3H3,(H,16,17)(H,18,19). The number of nitrogens with one attached hydrogen (secondary N) is 1. The van der Waals surface area contributed by atoms with Crippen LogP contribution < -0.4 is 5.32 Å². The number of sulfone groups is 1. The summed E-state index contributed by atoms with van der Waals surface area (Å²) < 4.78 is 22.9. The highest BCUT2D eigenvalue weighted by Gasteiger charge is 2.32. The van der Waals surface area contributed by atoms with Crippen LogP contribution >= 0.6 is 0 Å². The summed E-state index contributed by atoms with van der Waals surface area (Å²) in [5.41, 5.74) is 0.744. The maximum absolute atomic E-state index is 12.0. The smallest absolute Gasteiger partial charge is 0.326 e. The molecule has 7 heteroatoms. The highest BCUT2D eigenvalue weighted by Crippen LogP contribution is 2.15. The summed E-state index contributed by atoms with van der Waals surface area (Å²) >= 11 is 0. The summed E-state index contributed by atoms with van der Waals surface area (Å²) in [6.07, 6.45) is 0.0947. The van der Waals surface area contributed by atoms with Gasteiger partial charge in [0.15, 0.2) is 9.84 Å². The van der Waals surface area contributed by atoms with Crippen molar-refractivity contribution in [1.29, 1.82) is 0 Å². The maximum atomic E-state index is 12.0. The van der Waals surface area contributed by atoms with Crippen LogP contribution in [-0.2, 0) is 25.8 Å². The summed E-state index contributed by atoms with van der Waals surface area (Å²) in [6.45, 7) is 4.48. The zero-order valence-corrected chi connectivity index (χ0v) is 13.7. The van der Waals surface area contributed by atoms with Gasteiger partial charge in [-0.2, -0.15) is 0 Å². The van der Waals surface area contributed by atoms with Crippen LogP contribution in [0, 0.1) is 0 Å². The van der Waals surface area contributed by atoms with Crippen molar-refractivity contribution < 1.29 is 23.1 Å². The van der Waals surface area contributed by atoms with Crippen LogP contribution in [0.1, 0.15) is 26.3 Å². The van der Waals surface area contributed by atoms with E-state index in [4.69, 9.17) is 0 Å². The van der Waals surface area contributed by atoms with Gasteiger partial charge in [0.1, 0.15) is 11.8 Å². The van der Waals surface area contributed by atoms with Gasteiger partial charge in [-0.1, -0.05) is 30.3 Å². The fourth-order valence-electron chi connectivity index (χ4n) is 1.67. The highest BCUT2D eigenvalue weighted by atomic mass is 32.2. The summed E-state index contributed by atoms with van der Waals surface area (Å²) in [6, 6.07) is 7.65. The Labute approximate surface area is 130 Å². The summed E-state index contributed by atoms with van der Waals surface area (Å²) in [5.74, 6) is -2.74. The lowest BCUT2D eigenvalue weighted by Gasteiger charge is -2.20. The first-order valence-electron chi connectivity index (χ1n) is 6.81. The average molecular weight is 327 g/mol. The Morgan fingerprint density at radius 1 is 1.18 bits per heavy atom. The van der Waals surface area contributed by atoms with Crippen LogP contribution in [0.4, 0.5) is 0 Å². The molecule has 0 radical (unpaired) electrons. The van der Waals surface area contributed by atoms with E-state index in [0.29, 0.717) is 0 Å². The minimum Gasteiger partial charge on any atom is -0.480 e. The van der Waals surface area contributed by atoms with E-state index in [9.17, 15) is 23.1 Å². The molecule has 1 amide bonds. The second kappa shape index (κ2) is 6.91. The molecule has 122 valence electrons. The fourth-order valence-corrected chi connectivity index (χ4v) is 2.54. The van der Waals surface area contributed by atoms with E-state index in [1.165, 1.54) is 20.8 Å². The molecule has 1 rings (SSSR count). The molecule has 0 aliphatic rings. The molecule has 0 aliphatic heterocycles. The summed E-state index contributed by atoms with van der Waals surface area (Å²) in [5, 5.41) is 11.5. The molecule has 0 saturated heterocycles. The second-order valence-electron chi connectivity index (χ2n) is 6.02. The van der Waals surface area contributed by atoms with Crippen LogP contribution in [0.5, 0.6) is 0 Å². The topological polar surface area (TPSA) is 101 Å². The SMILES string of the molecule is CC(C)(C)S(=O)(=O)CC(=O)NC(Cc1ccccc1)C(=O)O. The quantitative estimate of drug-likeness (QED) is 0.812. The molecule has 0 aromatic heterocycles. The van der Waals surface area contributed by atoms with Crippen LogP contribution in [0.2, 0.25) is 0 Å². The minimum atomic E-state index is -3.65. The number of carbonyl (C=O) groups is 2. The molecule has 1 aromatic carbocycles. The Morgan fingerprint density at radius 3 is 2.18 bits per heavy atom. The Balaban J connectivity index is 2.76. The number of carboxylic acid groups (broad SMARTS) is 1. The maximum Gasteiger partial charge on any atom is 0.326 e. The van der Waals surface area contributed by atoms with Crippen LogP contribution in [-0.4, -0.2) is 41.9 Å². The monoisotopic (exact) mass is 327 g/mol. The van der Waals surface area contributed by atoms with E-state index in [1.807, 2.05) is 0 Å². The third kappa shape index (κ3) is 5.14. The van der Waals surface area contributed by atoms with Gasteiger partial charge in [-0.15, -0.1) is 0 Å². The molecular formula is C15H21NO5S. The molecular weight excluding hydrogens is 306 g/mol. The van der Waals surface area contributed by atoms with Crippen molar-refractivity contribution in [2.45, 2.75) is 38.0 Å². The van der Waals surface area contributed by atoms with Gasteiger partial charge >= 0.3 is 5.97 Å². The fraction of sp³-hybridized carbons (Fsp3) is 0.467. The zero-order valence-electron chi connectivity index (χ0n) is 12.9. The van der Waals surface area contributed by atoms with E-state index in [2.05, 4.69) is 5.32 Å². The molecule has 6 nitrogen and oxygen atoms in total. The number of hydrogen-bond donors (Lipinski definition) is 2. The van der Waals surface area contributed by atoms with Crippen molar-refractivity contribution in [1.82, 2.24) is 5.32 Å². The lowest BCUT2D eigenvalue weighted by molar-refractivity contribution is -0.141. The van der Waals surface area contributed by atoms with E-state index < -0.39 is 38.3 Å².